The highest BCUT2D eigenvalue weighted by Gasteiger charge is 2.25. The zero-order valence-corrected chi connectivity index (χ0v) is 11.7. The number of pyridine rings is 1. The van der Waals surface area contributed by atoms with E-state index in [0.717, 1.165) is 0 Å². The first-order valence-corrected chi connectivity index (χ1v) is 6.86. The van der Waals surface area contributed by atoms with Crippen LogP contribution in [0.5, 0.6) is 11.6 Å². The van der Waals surface area contributed by atoms with Gasteiger partial charge in [-0.15, -0.1) is 11.3 Å². The number of hydrogen-bond acceptors (Lipinski definition) is 9. The number of nitro groups is 1. The van der Waals surface area contributed by atoms with Gasteiger partial charge in [-0.05, 0) is 12.1 Å². The standard InChI is InChI=1S/C12H8N6O3S/c19-18(20)9-10(17-12-14-4-5-22-12)15-7-16-11(9)21-8-2-1-3-13-6-8/h1-7H,(H,14,15,16,17). The molecule has 0 amide bonds. The van der Waals surface area contributed by atoms with Crippen molar-refractivity contribution in [2.24, 2.45) is 0 Å². The number of thiazole rings is 1. The third-order valence-electron chi connectivity index (χ3n) is 2.48. The molecule has 0 saturated heterocycles. The molecule has 10 heteroatoms. The Morgan fingerprint density at radius 1 is 1.27 bits per heavy atom. The number of anilines is 2. The molecule has 0 saturated carbocycles. The van der Waals surface area contributed by atoms with Crippen LogP contribution in [0.25, 0.3) is 0 Å². The lowest BCUT2D eigenvalue weighted by molar-refractivity contribution is -0.385. The predicted molar refractivity (Wildman–Crippen MR) is 78.4 cm³/mol. The van der Waals surface area contributed by atoms with Crippen LogP contribution in [-0.4, -0.2) is 24.9 Å². The van der Waals surface area contributed by atoms with Gasteiger partial charge in [0.2, 0.25) is 5.82 Å². The Bertz CT molecular complexity index is 781. The number of nitrogens with one attached hydrogen (secondary N) is 1. The third kappa shape index (κ3) is 2.96. The van der Waals surface area contributed by atoms with E-state index in [1.54, 1.807) is 29.9 Å². The number of ether oxygens (including phenoxy) is 1. The topological polar surface area (TPSA) is 116 Å². The molecule has 3 aromatic heterocycles. The summed E-state index contributed by atoms with van der Waals surface area (Å²) in [6, 6.07) is 3.27. The lowest BCUT2D eigenvalue weighted by Crippen LogP contribution is -2.03. The summed E-state index contributed by atoms with van der Waals surface area (Å²) in [6.45, 7) is 0. The molecule has 9 nitrogen and oxygen atoms in total. The fourth-order valence-corrected chi connectivity index (χ4v) is 2.13. The Hall–Kier alpha value is -3.14. The number of hydrogen-bond donors (Lipinski definition) is 1. The van der Waals surface area contributed by atoms with E-state index in [1.165, 1.54) is 23.9 Å². The first kappa shape index (κ1) is 13.8. The zero-order valence-electron chi connectivity index (χ0n) is 10.9. The highest BCUT2D eigenvalue weighted by Crippen LogP contribution is 2.35. The van der Waals surface area contributed by atoms with Gasteiger partial charge in [0.05, 0.1) is 11.1 Å². The second-order valence-corrected chi connectivity index (χ2v) is 4.78. The highest BCUT2D eigenvalue weighted by molar-refractivity contribution is 7.13. The maximum atomic E-state index is 11.3. The van der Waals surface area contributed by atoms with E-state index < -0.39 is 4.92 Å². The molecule has 0 unspecified atom stereocenters. The molecule has 3 rings (SSSR count). The summed E-state index contributed by atoms with van der Waals surface area (Å²) in [6.07, 6.45) is 5.75. The summed E-state index contributed by atoms with van der Waals surface area (Å²) >= 11 is 1.29. The molecule has 0 aliphatic rings. The van der Waals surface area contributed by atoms with Crippen LogP contribution in [0, 0.1) is 10.1 Å². The second kappa shape index (κ2) is 6.10. The zero-order chi connectivity index (χ0) is 15.4. The monoisotopic (exact) mass is 316 g/mol. The van der Waals surface area contributed by atoms with Crippen LogP contribution >= 0.6 is 11.3 Å². The van der Waals surface area contributed by atoms with Crippen LogP contribution in [0.3, 0.4) is 0 Å². The highest BCUT2D eigenvalue weighted by atomic mass is 32.1. The largest absolute Gasteiger partial charge is 0.432 e. The van der Waals surface area contributed by atoms with Crippen molar-refractivity contribution in [3.63, 3.8) is 0 Å². The van der Waals surface area contributed by atoms with Crippen LogP contribution in [0.2, 0.25) is 0 Å². The average molecular weight is 316 g/mol. The van der Waals surface area contributed by atoms with E-state index in [9.17, 15) is 10.1 Å². The van der Waals surface area contributed by atoms with Crippen molar-refractivity contribution < 1.29 is 9.66 Å². The minimum atomic E-state index is -0.609. The Morgan fingerprint density at radius 3 is 2.86 bits per heavy atom. The van der Waals surface area contributed by atoms with E-state index in [1.807, 2.05) is 0 Å². The Morgan fingerprint density at radius 2 is 2.18 bits per heavy atom. The summed E-state index contributed by atoms with van der Waals surface area (Å²) in [5.74, 6) is 0.172. The van der Waals surface area contributed by atoms with Crippen LogP contribution < -0.4 is 10.1 Å². The molecule has 0 aromatic carbocycles. The van der Waals surface area contributed by atoms with E-state index in [-0.39, 0.29) is 17.4 Å². The molecule has 0 spiro atoms. The lowest BCUT2D eigenvalue weighted by Gasteiger charge is -2.07. The van der Waals surface area contributed by atoms with Gasteiger partial charge >= 0.3 is 11.6 Å². The van der Waals surface area contributed by atoms with Gasteiger partial charge in [0, 0.05) is 17.8 Å². The molecule has 0 fully saturated rings. The second-order valence-electron chi connectivity index (χ2n) is 3.89. The smallest absolute Gasteiger partial charge is 0.373 e. The quantitative estimate of drug-likeness (QED) is 0.564. The van der Waals surface area contributed by atoms with Crippen LogP contribution in [0.4, 0.5) is 16.6 Å². The van der Waals surface area contributed by atoms with Crippen molar-refractivity contribution in [3.8, 4) is 11.6 Å². The Kier molecular flexibility index (Phi) is 3.83. The molecule has 1 N–H and O–H groups in total. The number of nitrogens with zero attached hydrogens (tertiary/aromatic N) is 5. The van der Waals surface area contributed by atoms with Crippen LogP contribution in [-0.2, 0) is 0 Å². The normalized spacial score (nSPS) is 10.2. The molecular formula is C12H8N6O3S. The van der Waals surface area contributed by atoms with Crippen molar-refractivity contribution in [1.82, 2.24) is 19.9 Å². The first-order chi connectivity index (χ1) is 10.7. The number of aromatic nitrogens is 4. The van der Waals surface area contributed by atoms with E-state index in [4.69, 9.17) is 4.74 Å². The van der Waals surface area contributed by atoms with Gasteiger partial charge in [0.25, 0.3) is 0 Å². The predicted octanol–water partition coefficient (Wildman–Crippen LogP) is 2.77. The molecule has 0 bridgehead atoms. The van der Waals surface area contributed by atoms with Crippen molar-refractivity contribution in [2.75, 3.05) is 5.32 Å². The Labute approximate surface area is 127 Å². The molecule has 3 aromatic rings. The minimum absolute atomic E-state index is 0.00819. The van der Waals surface area contributed by atoms with Crippen LogP contribution in [0.15, 0.2) is 42.4 Å². The maximum Gasteiger partial charge on any atom is 0.373 e. The fourth-order valence-electron chi connectivity index (χ4n) is 1.60. The van der Waals surface area contributed by atoms with Gasteiger partial charge in [0.15, 0.2) is 5.13 Å². The summed E-state index contributed by atoms with van der Waals surface area (Å²) in [7, 11) is 0. The van der Waals surface area contributed by atoms with E-state index >= 15 is 0 Å². The molecule has 0 aliphatic heterocycles. The number of rotatable bonds is 5. The van der Waals surface area contributed by atoms with E-state index in [2.05, 4.69) is 25.3 Å². The molecule has 0 aliphatic carbocycles. The summed E-state index contributed by atoms with van der Waals surface area (Å²) in [5.41, 5.74) is -0.374. The average Bonchev–Trinajstić information content (AvgIpc) is 3.01. The van der Waals surface area contributed by atoms with Crippen molar-refractivity contribution in [2.45, 2.75) is 0 Å². The van der Waals surface area contributed by atoms with Gasteiger partial charge in [-0.2, -0.15) is 4.98 Å². The fraction of sp³-hybridized carbons (Fsp3) is 0. The maximum absolute atomic E-state index is 11.3. The molecular weight excluding hydrogens is 308 g/mol. The minimum Gasteiger partial charge on any atom is -0.432 e. The van der Waals surface area contributed by atoms with Crippen molar-refractivity contribution in [3.05, 3.63) is 52.5 Å². The summed E-state index contributed by atoms with van der Waals surface area (Å²) < 4.78 is 5.42. The van der Waals surface area contributed by atoms with Crippen molar-refractivity contribution in [1.29, 1.82) is 0 Å². The molecule has 0 atom stereocenters. The van der Waals surface area contributed by atoms with Crippen molar-refractivity contribution >= 4 is 28.0 Å². The van der Waals surface area contributed by atoms with Gasteiger partial charge in [0.1, 0.15) is 12.1 Å². The van der Waals surface area contributed by atoms with Crippen LogP contribution in [0.1, 0.15) is 0 Å². The SMILES string of the molecule is O=[N+]([O-])c1c(Nc2nccs2)ncnc1Oc1cccnc1. The van der Waals surface area contributed by atoms with Gasteiger partial charge < -0.3 is 10.1 Å². The molecule has 22 heavy (non-hydrogen) atoms. The summed E-state index contributed by atoms with van der Waals surface area (Å²) in [4.78, 5) is 26.3. The molecule has 0 radical (unpaired) electrons. The molecule has 3 heterocycles. The van der Waals surface area contributed by atoms with Gasteiger partial charge in [-0.3, -0.25) is 15.1 Å². The summed E-state index contributed by atoms with van der Waals surface area (Å²) in [5, 5.41) is 16.3. The van der Waals surface area contributed by atoms with Gasteiger partial charge in [-0.25, -0.2) is 9.97 Å². The Balaban J connectivity index is 1.97. The van der Waals surface area contributed by atoms with Gasteiger partial charge in [-0.1, -0.05) is 0 Å². The molecule has 110 valence electrons. The third-order valence-corrected chi connectivity index (χ3v) is 3.17. The first-order valence-electron chi connectivity index (χ1n) is 5.98. The van der Waals surface area contributed by atoms with E-state index in [0.29, 0.717) is 10.9 Å². The lowest BCUT2D eigenvalue weighted by atomic mass is 10.4.